The summed E-state index contributed by atoms with van der Waals surface area (Å²) in [7, 11) is 3.13. The standard InChI is InChI=1S/C21H23Cl2N3O3/c1-28-19-10-9-14(12-20(19)29-2)25-21(27)18-8-3-4-11-26(18)24-13-15-16(22)6-5-7-17(15)23/h5-7,9-10,12-13,18H,3-4,8,11H2,1-2H3,(H,25,27). The SMILES string of the molecule is COc1ccc(NC(=O)C2CCCCN2N=Cc2c(Cl)cccc2Cl)cc1OC. The van der Waals surface area contributed by atoms with Gasteiger partial charge in [-0.25, -0.2) is 0 Å². The van der Waals surface area contributed by atoms with Crippen molar-refractivity contribution in [1.29, 1.82) is 0 Å². The smallest absolute Gasteiger partial charge is 0.248 e. The molecule has 1 heterocycles. The van der Waals surface area contributed by atoms with Gasteiger partial charge < -0.3 is 14.8 Å². The van der Waals surface area contributed by atoms with Crippen LogP contribution in [-0.4, -0.2) is 43.9 Å². The Balaban J connectivity index is 1.75. The van der Waals surface area contributed by atoms with E-state index in [0.29, 0.717) is 45.8 Å². The third kappa shape index (κ3) is 5.14. The Labute approximate surface area is 180 Å². The summed E-state index contributed by atoms with van der Waals surface area (Å²) in [6.07, 6.45) is 4.26. The maximum atomic E-state index is 12.9. The number of piperidine rings is 1. The molecule has 0 aromatic heterocycles. The molecular formula is C21H23Cl2N3O3. The second kappa shape index (κ2) is 9.85. The molecule has 1 saturated heterocycles. The minimum atomic E-state index is -0.380. The van der Waals surface area contributed by atoms with Crippen LogP contribution in [0.15, 0.2) is 41.5 Å². The lowest BCUT2D eigenvalue weighted by molar-refractivity contribution is -0.122. The molecule has 1 fully saturated rings. The molecule has 1 N–H and O–H groups in total. The number of hydrogen-bond donors (Lipinski definition) is 1. The summed E-state index contributed by atoms with van der Waals surface area (Å²) in [5.74, 6) is 1.03. The van der Waals surface area contributed by atoms with Crippen LogP contribution in [0.3, 0.4) is 0 Å². The summed E-state index contributed by atoms with van der Waals surface area (Å²) >= 11 is 12.4. The van der Waals surface area contributed by atoms with Crippen molar-refractivity contribution in [3.8, 4) is 11.5 Å². The lowest BCUT2D eigenvalue weighted by Crippen LogP contribution is -2.44. The van der Waals surface area contributed by atoms with Crippen molar-refractivity contribution in [3.05, 3.63) is 52.0 Å². The van der Waals surface area contributed by atoms with Gasteiger partial charge in [-0.05, 0) is 43.5 Å². The Kier molecular flexibility index (Phi) is 7.23. The van der Waals surface area contributed by atoms with Crippen LogP contribution >= 0.6 is 23.2 Å². The molecule has 1 atom stereocenters. The van der Waals surface area contributed by atoms with Crippen LogP contribution in [-0.2, 0) is 4.79 Å². The summed E-state index contributed by atoms with van der Waals surface area (Å²) in [6.45, 7) is 0.683. The van der Waals surface area contributed by atoms with Gasteiger partial charge in [-0.2, -0.15) is 5.10 Å². The number of nitrogens with zero attached hydrogens (tertiary/aromatic N) is 2. The molecule has 1 amide bonds. The van der Waals surface area contributed by atoms with E-state index in [1.165, 1.54) is 0 Å². The number of anilines is 1. The van der Waals surface area contributed by atoms with Crippen LogP contribution in [0, 0.1) is 0 Å². The average molecular weight is 436 g/mol. The predicted molar refractivity (Wildman–Crippen MR) is 117 cm³/mol. The summed E-state index contributed by atoms with van der Waals surface area (Å²) < 4.78 is 10.5. The second-order valence-electron chi connectivity index (χ2n) is 6.61. The molecule has 154 valence electrons. The fourth-order valence-electron chi connectivity index (χ4n) is 3.23. The molecule has 3 rings (SSSR count). The molecule has 2 aromatic carbocycles. The lowest BCUT2D eigenvalue weighted by atomic mass is 10.0. The van der Waals surface area contributed by atoms with Crippen LogP contribution < -0.4 is 14.8 Å². The van der Waals surface area contributed by atoms with Gasteiger partial charge in [0.2, 0.25) is 5.91 Å². The third-order valence-corrected chi connectivity index (χ3v) is 5.42. The molecule has 29 heavy (non-hydrogen) atoms. The van der Waals surface area contributed by atoms with Crippen molar-refractivity contribution in [1.82, 2.24) is 5.01 Å². The van der Waals surface area contributed by atoms with Gasteiger partial charge in [0.15, 0.2) is 11.5 Å². The Morgan fingerprint density at radius 1 is 1.14 bits per heavy atom. The van der Waals surface area contributed by atoms with E-state index in [1.807, 2.05) is 0 Å². The van der Waals surface area contributed by atoms with E-state index in [-0.39, 0.29) is 11.9 Å². The zero-order valence-corrected chi connectivity index (χ0v) is 17.8. The minimum Gasteiger partial charge on any atom is -0.493 e. The van der Waals surface area contributed by atoms with Gasteiger partial charge in [0.25, 0.3) is 0 Å². The number of halogens is 2. The first-order valence-electron chi connectivity index (χ1n) is 9.31. The van der Waals surface area contributed by atoms with Crippen molar-refractivity contribution in [3.63, 3.8) is 0 Å². The zero-order chi connectivity index (χ0) is 20.8. The number of nitrogens with one attached hydrogen (secondary N) is 1. The Hall–Kier alpha value is -2.44. The minimum absolute atomic E-state index is 0.126. The van der Waals surface area contributed by atoms with E-state index < -0.39 is 0 Å². The normalized spacial score (nSPS) is 16.7. The highest BCUT2D eigenvalue weighted by Gasteiger charge is 2.28. The first kappa shape index (κ1) is 21.3. The lowest BCUT2D eigenvalue weighted by Gasteiger charge is -2.32. The highest BCUT2D eigenvalue weighted by Crippen LogP contribution is 2.30. The summed E-state index contributed by atoms with van der Waals surface area (Å²) in [5, 5.41) is 10.3. The van der Waals surface area contributed by atoms with E-state index in [2.05, 4.69) is 10.4 Å². The summed E-state index contributed by atoms with van der Waals surface area (Å²) in [4.78, 5) is 12.9. The van der Waals surface area contributed by atoms with E-state index in [4.69, 9.17) is 32.7 Å². The van der Waals surface area contributed by atoms with Gasteiger partial charge >= 0.3 is 0 Å². The zero-order valence-electron chi connectivity index (χ0n) is 16.3. The number of benzene rings is 2. The van der Waals surface area contributed by atoms with Crippen molar-refractivity contribution in [2.75, 3.05) is 26.1 Å². The van der Waals surface area contributed by atoms with E-state index >= 15 is 0 Å². The molecule has 6 nitrogen and oxygen atoms in total. The first-order chi connectivity index (χ1) is 14.0. The van der Waals surface area contributed by atoms with Crippen LogP contribution in [0.5, 0.6) is 11.5 Å². The third-order valence-electron chi connectivity index (χ3n) is 4.76. The predicted octanol–water partition coefficient (Wildman–Crippen LogP) is 4.84. The van der Waals surface area contributed by atoms with Crippen molar-refractivity contribution in [2.45, 2.75) is 25.3 Å². The summed E-state index contributed by atoms with van der Waals surface area (Å²) in [5.41, 5.74) is 1.27. The quantitative estimate of drug-likeness (QED) is 0.659. The Bertz CT molecular complexity index is 884. The topological polar surface area (TPSA) is 63.2 Å². The number of hydrogen-bond acceptors (Lipinski definition) is 5. The van der Waals surface area contributed by atoms with E-state index in [0.717, 1.165) is 12.8 Å². The number of carbonyl (C=O) groups is 1. The van der Waals surface area contributed by atoms with Gasteiger partial charge in [-0.15, -0.1) is 0 Å². The van der Waals surface area contributed by atoms with Crippen molar-refractivity contribution < 1.29 is 14.3 Å². The summed E-state index contributed by atoms with van der Waals surface area (Å²) in [6, 6.07) is 10.2. The number of rotatable bonds is 6. The largest absolute Gasteiger partial charge is 0.493 e. The molecular weight excluding hydrogens is 413 g/mol. The van der Waals surface area contributed by atoms with E-state index in [1.54, 1.807) is 61.8 Å². The molecule has 0 radical (unpaired) electrons. The van der Waals surface area contributed by atoms with Gasteiger partial charge in [0, 0.05) is 23.9 Å². The maximum absolute atomic E-state index is 12.9. The van der Waals surface area contributed by atoms with Crippen LogP contribution in [0.1, 0.15) is 24.8 Å². The molecule has 0 saturated carbocycles. The highest BCUT2D eigenvalue weighted by atomic mass is 35.5. The first-order valence-corrected chi connectivity index (χ1v) is 10.1. The monoisotopic (exact) mass is 435 g/mol. The van der Waals surface area contributed by atoms with Gasteiger partial charge in [0.1, 0.15) is 6.04 Å². The van der Waals surface area contributed by atoms with Crippen molar-refractivity contribution >= 4 is 41.0 Å². The van der Waals surface area contributed by atoms with Gasteiger partial charge in [-0.3, -0.25) is 9.80 Å². The molecule has 1 aliphatic rings. The van der Waals surface area contributed by atoms with Gasteiger partial charge in [-0.1, -0.05) is 29.3 Å². The fraction of sp³-hybridized carbons (Fsp3) is 0.333. The number of amides is 1. The second-order valence-corrected chi connectivity index (χ2v) is 7.43. The van der Waals surface area contributed by atoms with Gasteiger partial charge in [0.05, 0.1) is 30.5 Å². The Morgan fingerprint density at radius 2 is 1.86 bits per heavy atom. The Morgan fingerprint density at radius 3 is 2.55 bits per heavy atom. The number of hydrazone groups is 1. The van der Waals surface area contributed by atoms with Crippen LogP contribution in [0.2, 0.25) is 10.0 Å². The molecule has 1 aliphatic heterocycles. The highest BCUT2D eigenvalue weighted by molar-refractivity contribution is 6.38. The average Bonchev–Trinajstić information content (AvgIpc) is 2.73. The van der Waals surface area contributed by atoms with E-state index in [9.17, 15) is 4.79 Å². The van der Waals surface area contributed by atoms with Crippen LogP contribution in [0.25, 0.3) is 0 Å². The molecule has 0 spiro atoms. The molecule has 2 aromatic rings. The number of carbonyl (C=O) groups excluding carboxylic acids is 1. The molecule has 8 heteroatoms. The number of ether oxygens (including phenoxy) is 2. The number of methoxy groups -OCH3 is 2. The van der Waals surface area contributed by atoms with Crippen LogP contribution in [0.4, 0.5) is 5.69 Å². The molecule has 0 bridgehead atoms. The van der Waals surface area contributed by atoms with Crippen molar-refractivity contribution in [2.24, 2.45) is 5.10 Å². The molecule has 0 aliphatic carbocycles. The maximum Gasteiger partial charge on any atom is 0.248 e. The fourth-order valence-corrected chi connectivity index (χ4v) is 3.72. The molecule has 1 unspecified atom stereocenters.